The zero-order valence-corrected chi connectivity index (χ0v) is 12.3. The van der Waals surface area contributed by atoms with Crippen LogP contribution in [0.25, 0.3) is 0 Å². The summed E-state index contributed by atoms with van der Waals surface area (Å²) in [6, 6.07) is 3.93. The molecule has 0 aliphatic carbocycles. The standard InChI is InChI=1S/C13H15N3OS2/c1-9-4-5-11(19-9)13(17)16-6-2-3-10(7-16)12-15-14-8-18-12/h4-5,8,10H,2-3,6-7H2,1H3. The molecule has 1 saturated heterocycles. The maximum Gasteiger partial charge on any atom is 0.263 e. The first-order chi connectivity index (χ1) is 9.24. The molecule has 1 aliphatic rings. The van der Waals surface area contributed by atoms with Crippen LogP contribution in [0.5, 0.6) is 0 Å². The summed E-state index contributed by atoms with van der Waals surface area (Å²) < 4.78 is 0. The lowest BCUT2D eigenvalue weighted by molar-refractivity contribution is 0.0712. The molecular weight excluding hydrogens is 278 g/mol. The molecule has 0 aromatic carbocycles. The number of piperidine rings is 1. The Morgan fingerprint density at radius 3 is 3.05 bits per heavy atom. The third kappa shape index (κ3) is 2.69. The van der Waals surface area contributed by atoms with Gasteiger partial charge in [-0.15, -0.1) is 32.9 Å². The molecule has 19 heavy (non-hydrogen) atoms. The van der Waals surface area contributed by atoms with Gasteiger partial charge in [0, 0.05) is 23.9 Å². The van der Waals surface area contributed by atoms with Gasteiger partial charge in [0.1, 0.15) is 10.5 Å². The molecule has 3 rings (SSSR count). The van der Waals surface area contributed by atoms with E-state index in [1.54, 1.807) is 28.2 Å². The Morgan fingerprint density at radius 1 is 1.47 bits per heavy atom. The second-order valence-electron chi connectivity index (χ2n) is 4.78. The number of carbonyl (C=O) groups is 1. The molecule has 4 nitrogen and oxygen atoms in total. The van der Waals surface area contributed by atoms with Crippen molar-refractivity contribution in [3.05, 3.63) is 32.4 Å². The third-order valence-corrected chi connectivity index (χ3v) is 5.23. The maximum absolute atomic E-state index is 12.4. The van der Waals surface area contributed by atoms with Gasteiger partial charge in [0.05, 0.1) is 4.88 Å². The fourth-order valence-electron chi connectivity index (χ4n) is 2.43. The van der Waals surface area contributed by atoms with Crippen molar-refractivity contribution in [2.24, 2.45) is 0 Å². The topological polar surface area (TPSA) is 46.1 Å². The maximum atomic E-state index is 12.4. The molecular formula is C13H15N3OS2. The first-order valence-corrected chi connectivity index (χ1v) is 8.05. The van der Waals surface area contributed by atoms with E-state index >= 15 is 0 Å². The highest BCUT2D eigenvalue weighted by molar-refractivity contribution is 7.13. The number of hydrogen-bond donors (Lipinski definition) is 0. The highest BCUT2D eigenvalue weighted by Crippen LogP contribution is 2.29. The second kappa shape index (κ2) is 5.38. The predicted molar refractivity (Wildman–Crippen MR) is 76.8 cm³/mol. The van der Waals surface area contributed by atoms with E-state index in [4.69, 9.17) is 0 Å². The summed E-state index contributed by atoms with van der Waals surface area (Å²) >= 11 is 3.16. The zero-order valence-electron chi connectivity index (χ0n) is 10.7. The van der Waals surface area contributed by atoms with Crippen LogP contribution in [0.2, 0.25) is 0 Å². The molecule has 1 aliphatic heterocycles. The minimum atomic E-state index is 0.160. The predicted octanol–water partition coefficient (Wildman–Crippen LogP) is 2.93. The average Bonchev–Trinajstić information content (AvgIpc) is 3.09. The van der Waals surface area contributed by atoms with E-state index in [1.807, 2.05) is 24.0 Å². The van der Waals surface area contributed by atoms with Gasteiger partial charge in [-0.05, 0) is 31.9 Å². The summed E-state index contributed by atoms with van der Waals surface area (Å²) in [6.07, 6.45) is 2.14. The minimum Gasteiger partial charge on any atom is -0.337 e. The Labute approximate surface area is 120 Å². The van der Waals surface area contributed by atoms with Gasteiger partial charge in [-0.1, -0.05) is 0 Å². The zero-order chi connectivity index (χ0) is 13.2. The summed E-state index contributed by atoms with van der Waals surface area (Å²) in [5.74, 6) is 0.513. The minimum absolute atomic E-state index is 0.160. The monoisotopic (exact) mass is 293 g/mol. The fourth-order valence-corrected chi connectivity index (χ4v) is 3.94. The Kier molecular flexibility index (Phi) is 3.61. The smallest absolute Gasteiger partial charge is 0.263 e. The van der Waals surface area contributed by atoms with Crippen molar-refractivity contribution in [3.63, 3.8) is 0 Å². The third-order valence-electron chi connectivity index (χ3n) is 3.39. The molecule has 0 N–H and O–H groups in total. The molecule has 0 radical (unpaired) electrons. The van der Waals surface area contributed by atoms with Crippen molar-refractivity contribution < 1.29 is 4.79 Å². The Balaban J connectivity index is 1.73. The summed E-state index contributed by atoms with van der Waals surface area (Å²) in [5.41, 5.74) is 1.76. The van der Waals surface area contributed by atoms with Crippen LogP contribution < -0.4 is 0 Å². The summed E-state index contributed by atoms with van der Waals surface area (Å²) in [7, 11) is 0. The van der Waals surface area contributed by atoms with E-state index in [9.17, 15) is 4.79 Å². The van der Waals surface area contributed by atoms with Crippen LogP contribution in [0.3, 0.4) is 0 Å². The van der Waals surface area contributed by atoms with Gasteiger partial charge in [0.15, 0.2) is 0 Å². The SMILES string of the molecule is Cc1ccc(C(=O)N2CCCC(c3nncs3)C2)s1. The van der Waals surface area contributed by atoms with Gasteiger partial charge in [-0.3, -0.25) is 4.79 Å². The largest absolute Gasteiger partial charge is 0.337 e. The van der Waals surface area contributed by atoms with E-state index in [1.165, 1.54) is 4.88 Å². The number of thiophene rings is 1. The fraction of sp³-hybridized carbons (Fsp3) is 0.462. The number of likely N-dealkylation sites (tertiary alicyclic amines) is 1. The van der Waals surface area contributed by atoms with Crippen LogP contribution in [0, 0.1) is 6.92 Å². The molecule has 1 fully saturated rings. The van der Waals surface area contributed by atoms with Crippen LogP contribution in [0.1, 0.15) is 38.3 Å². The van der Waals surface area contributed by atoms with E-state index in [0.29, 0.717) is 5.92 Å². The second-order valence-corrected chi connectivity index (χ2v) is 6.93. The summed E-state index contributed by atoms with van der Waals surface area (Å²) in [4.78, 5) is 16.4. The molecule has 0 bridgehead atoms. The van der Waals surface area contributed by atoms with Crippen molar-refractivity contribution in [1.82, 2.24) is 15.1 Å². The van der Waals surface area contributed by atoms with Gasteiger partial charge >= 0.3 is 0 Å². The number of hydrogen-bond acceptors (Lipinski definition) is 5. The van der Waals surface area contributed by atoms with Crippen LogP contribution >= 0.6 is 22.7 Å². The molecule has 1 atom stereocenters. The molecule has 6 heteroatoms. The lowest BCUT2D eigenvalue weighted by atomic mass is 9.98. The number of nitrogens with zero attached hydrogens (tertiary/aromatic N) is 3. The summed E-state index contributed by atoms with van der Waals surface area (Å²) in [5, 5.41) is 9.10. The van der Waals surface area contributed by atoms with Crippen molar-refractivity contribution in [1.29, 1.82) is 0 Å². The first-order valence-electron chi connectivity index (χ1n) is 6.36. The lowest BCUT2D eigenvalue weighted by Gasteiger charge is -2.31. The molecule has 2 aromatic rings. The molecule has 0 spiro atoms. The lowest BCUT2D eigenvalue weighted by Crippen LogP contribution is -2.38. The molecule has 3 heterocycles. The van der Waals surface area contributed by atoms with Gasteiger partial charge in [-0.25, -0.2) is 0 Å². The molecule has 1 unspecified atom stereocenters. The van der Waals surface area contributed by atoms with E-state index in [0.717, 1.165) is 35.8 Å². The number of aryl methyl sites for hydroxylation is 1. The Morgan fingerprint density at radius 2 is 2.37 bits per heavy atom. The number of aromatic nitrogens is 2. The summed E-state index contributed by atoms with van der Waals surface area (Å²) in [6.45, 7) is 3.65. The van der Waals surface area contributed by atoms with Gasteiger partial charge < -0.3 is 4.90 Å². The van der Waals surface area contributed by atoms with Crippen molar-refractivity contribution >= 4 is 28.6 Å². The van der Waals surface area contributed by atoms with Crippen LogP contribution in [0.4, 0.5) is 0 Å². The highest BCUT2D eigenvalue weighted by atomic mass is 32.1. The number of amides is 1. The van der Waals surface area contributed by atoms with E-state index < -0.39 is 0 Å². The molecule has 100 valence electrons. The Hall–Kier alpha value is -1.27. The van der Waals surface area contributed by atoms with Gasteiger partial charge in [0.25, 0.3) is 5.91 Å². The van der Waals surface area contributed by atoms with Crippen molar-refractivity contribution in [2.75, 3.05) is 13.1 Å². The quantitative estimate of drug-likeness (QED) is 0.855. The number of carbonyl (C=O) groups excluding carboxylic acids is 1. The van der Waals surface area contributed by atoms with Crippen LogP contribution in [0.15, 0.2) is 17.6 Å². The first kappa shape index (κ1) is 12.7. The molecule has 2 aromatic heterocycles. The molecule has 1 amide bonds. The average molecular weight is 293 g/mol. The van der Waals surface area contributed by atoms with E-state index in [-0.39, 0.29) is 5.91 Å². The van der Waals surface area contributed by atoms with E-state index in [2.05, 4.69) is 10.2 Å². The van der Waals surface area contributed by atoms with Gasteiger partial charge in [0.2, 0.25) is 0 Å². The number of rotatable bonds is 2. The van der Waals surface area contributed by atoms with Crippen LogP contribution in [-0.4, -0.2) is 34.1 Å². The highest BCUT2D eigenvalue weighted by Gasteiger charge is 2.27. The van der Waals surface area contributed by atoms with Crippen LogP contribution in [-0.2, 0) is 0 Å². The Bertz CT molecular complexity index is 564. The van der Waals surface area contributed by atoms with Gasteiger partial charge in [-0.2, -0.15) is 0 Å². The van der Waals surface area contributed by atoms with Crippen molar-refractivity contribution in [2.45, 2.75) is 25.7 Å². The van der Waals surface area contributed by atoms with Crippen molar-refractivity contribution in [3.8, 4) is 0 Å². The molecule has 0 saturated carbocycles. The normalized spacial score (nSPS) is 19.6.